The number of nitrogens with one attached hydrogen (secondary N) is 2. The number of fused-ring (bicyclic) bond motifs is 4. The molecule has 0 unspecified atom stereocenters. The molecule has 0 radical (unpaired) electrons. The number of hydrogen-bond acceptors (Lipinski definition) is 6. The molecule has 2 heterocycles. The lowest BCUT2D eigenvalue weighted by atomic mass is 10.0. The number of nitrogens with zero attached hydrogens (tertiary/aromatic N) is 2. The lowest BCUT2D eigenvalue weighted by Crippen LogP contribution is -2.04. The van der Waals surface area contributed by atoms with E-state index in [1.165, 1.54) is 80.8 Å². The summed E-state index contributed by atoms with van der Waals surface area (Å²) in [4.78, 5) is 9.76. The topological polar surface area (TPSA) is 68.3 Å². The molecule has 6 nitrogen and oxygen atoms in total. The average molecular weight is 677 g/mol. The van der Waals surface area contributed by atoms with Gasteiger partial charge in [-0.3, -0.25) is 0 Å². The van der Waals surface area contributed by atoms with E-state index in [0.29, 0.717) is 5.02 Å². The van der Waals surface area contributed by atoms with E-state index in [4.69, 9.17) is 31.0 Å². The Labute approximate surface area is 295 Å². The number of halogens is 1. The van der Waals surface area contributed by atoms with E-state index in [9.17, 15) is 0 Å². The van der Waals surface area contributed by atoms with Crippen LogP contribution in [0.4, 0.5) is 11.4 Å². The fourth-order valence-corrected chi connectivity index (χ4v) is 7.00. The van der Waals surface area contributed by atoms with Crippen molar-refractivity contribution in [3.05, 3.63) is 83.4 Å². The molecule has 0 amide bonds. The molecule has 0 fully saturated rings. The molecule has 6 aromatic rings. The Morgan fingerprint density at radius 3 is 1.43 bits per heavy atom. The van der Waals surface area contributed by atoms with Gasteiger partial charge in [-0.25, -0.2) is 9.97 Å². The SMILES string of the molecule is COc1ccc2nc3cc(C)ccc3c(NCCCCCCCCCCCCCNc3c4ccc(Cl)cc4nc4ccc(OC)cc34)c2c1. The van der Waals surface area contributed by atoms with Crippen LogP contribution in [0.2, 0.25) is 5.02 Å². The molecule has 4 aromatic carbocycles. The van der Waals surface area contributed by atoms with E-state index < -0.39 is 0 Å². The lowest BCUT2D eigenvalue weighted by molar-refractivity contribution is 0.415. The Kier molecular flexibility index (Phi) is 11.9. The summed E-state index contributed by atoms with van der Waals surface area (Å²) < 4.78 is 11.0. The van der Waals surface area contributed by atoms with E-state index in [-0.39, 0.29) is 0 Å². The standard InChI is InChI=1S/C42H49ClN4O2/c1-29-15-19-33-39(25-29)46-37-21-17-31(48-2)27-35(37)41(33)44-23-13-11-9-7-5-4-6-8-10-12-14-24-45-42-34-20-16-30(43)26-40(34)47-38-22-18-32(49-3)28-36(38)42/h15-22,25-28H,4-14,23-24H2,1-3H3,(H,44,46)(H,45,47). The molecule has 2 aromatic heterocycles. The second-order valence-corrected chi connectivity index (χ2v) is 13.6. The number of aryl methyl sites for hydroxylation is 1. The van der Waals surface area contributed by atoms with E-state index in [2.05, 4.69) is 60.0 Å². The first-order chi connectivity index (χ1) is 24.0. The third-order valence-corrected chi connectivity index (χ3v) is 9.77. The van der Waals surface area contributed by atoms with Crippen molar-refractivity contribution in [2.45, 2.75) is 77.6 Å². The van der Waals surface area contributed by atoms with Crippen LogP contribution in [-0.4, -0.2) is 37.3 Å². The smallest absolute Gasteiger partial charge is 0.119 e. The molecule has 0 aliphatic carbocycles. The van der Waals surface area contributed by atoms with Gasteiger partial charge in [-0.05, 0) is 86.0 Å². The zero-order valence-corrected chi connectivity index (χ0v) is 30.0. The van der Waals surface area contributed by atoms with Crippen molar-refractivity contribution in [1.82, 2.24) is 9.97 Å². The van der Waals surface area contributed by atoms with Crippen LogP contribution in [0.5, 0.6) is 11.5 Å². The van der Waals surface area contributed by atoms with Crippen LogP contribution in [0.3, 0.4) is 0 Å². The van der Waals surface area contributed by atoms with E-state index >= 15 is 0 Å². The minimum atomic E-state index is 0.702. The zero-order valence-electron chi connectivity index (χ0n) is 29.2. The largest absolute Gasteiger partial charge is 0.497 e. The van der Waals surface area contributed by atoms with Crippen molar-refractivity contribution in [3.63, 3.8) is 0 Å². The molecule has 0 aliphatic rings. The van der Waals surface area contributed by atoms with Crippen molar-refractivity contribution in [2.75, 3.05) is 37.9 Å². The van der Waals surface area contributed by atoms with Gasteiger partial charge in [0.15, 0.2) is 0 Å². The van der Waals surface area contributed by atoms with Gasteiger partial charge in [-0.1, -0.05) is 81.5 Å². The van der Waals surface area contributed by atoms with Gasteiger partial charge >= 0.3 is 0 Å². The molecule has 7 heteroatoms. The Bertz CT molecular complexity index is 1880. The minimum absolute atomic E-state index is 0.702. The van der Waals surface area contributed by atoms with Crippen LogP contribution in [0, 0.1) is 6.92 Å². The van der Waals surface area contributed by atoms with Crippen molar-refractivity contribution in [3.8, 4) is 11.5 Å². The molecule has 0 saturated carbocycles. The third kappa shape index (κ3) is 8.66. The van der Waals surface area contributed by atoms with Crippen LogP contribution < -0.4 is 20.1 Å². The molecule has 49 heavy (non-hydrogen) atoms. The van der Waals surface area contributed by atoms with E-state index in [0.717, 1.165) is 74.9 Å². The highest BCUT2D eigenvalue weighted by Crippen LogP contribution is 2.35. The fraction of sp³-hybridized carbons (Fsp3) is 0.381. The number of rotatable bonds is 18. The number of methoxy groups -OCH3 is 2. The van der Waals surface area contributed by atoms with Crippen molar-refractivity contribution >= 4 is 66.6 Å². The van der Waals surface area contributed by atoms with Crippen LogP contribution in [0.1, 0.15) is 76.2 Å². The first kappa shape index (κ1) is 34.6. The zero-order chi connectivity index (χ0) is 34.0. The molecule has 0 aliphatic heterocycles. The summed E-state index contributed by atoms with van der Waals surface area (Å²) in [5, 5.41) is 12.6. The van der Waals surface area contributed by atoms with E-state index in [1.54, 1.807) is 14.2 Å². The molecular weight excluding hydrogens is 628 g/mol. The van der Waals surface area contributed by atoms with Crippen molar-refractivity contribution < 1.29 is 9.47 Å². The van der Waals surface area contributed by atoms with Gasteiger partial charge < -0.3 is 20.1 Å². The summed E-state index contributed by atoms with van der Waals surface area (Å²) in [7, 11) is 3.42. The Morgan fingerprint density at radius 1 is 0.490 bits per heavy atom. The second kappa shape index (κ2) is 16.9. The number of ether oxygens (including phenoxy) is 2. The van der Waals surface area contributed by atoms with Gasteiger partial charge in [0.05, 0.1) is 47.7 Å². The predicted octanol–water partition coefficient (Wildman–Crippen LogP) is 11.9. The van der Waals surface area contributed by atoms with Crippen LogP contribution >= 0.6 is 11.6 Å². The van der Waals surface area contributed by atoms with Gasteiger partial charge in [0.2, 0.25) is 0 Å². The monoisotopic (exact) mass is 676 g/mol. The Hall–Kier alpha value is -4.29. The number of pyridine rings is 2. The van der Waals surface area contributed by atoms with Gasteiger partial charge in [-0.15, -0.1) is 0 Å². The maximum absolute atomic E-state index is 6.28. The first-order valence-electron chi connectivity index (χ1n) is 18.0. The molecule has 256 valence electrons. The summed E-state index contributed by atoms with van der Waals surface area (Å²) in [5.74, 6) is 1.70. The lowest BCUT2D eigenvalue weighted by Gasteiger charge is -2.14. The molecule has 6 rings (SSSR count). The molecule has 0 saturated heterocycles. The second-order valence-electron chi connectivity index (χ2n) is 13.2. The predicted molar refractivity (Wildman–Crippen MR) is 209 cm³/mol. The Balaban J connectivity index is 0.864. The molecular formula is C42H49ClN4O2. The van der Waals surface area contributed by atoms with Crippen LogP contribution in [0.25, 0.3) is 43.6 Å². The average Bonchev–Trinajstić information content (AvgIpc) is 3.11. The molecule has 0 atom stereocenters. The van der Waals surface area contributed by atoms with Gasteiger partial charge in [0, 0.05) is 39.7 Å². The number of aromatic nitrogens is 2. The summed E-state index contributed by atoms with van der Waals surface area (Å²) in [6.07, 6.45) is 14.1. The van der Waals surface area contributed by atoms with Crippen molar-refractivity contribution in [2.24, 2.45) is 0 Å². The van der Waals surface area contributed by atoms with E-state index in [1.807, 2.05) is 30.3 Å². The number of hydrogen-bond donors (Lipinski definition) is 2. The maximum atomic E-state index is 6.28. The summed E-state index contributed by atoms with van der Waals surface area (Å²) in [6.45, 7) is 4.02. The first-order valence-corrected chi connectivity index (χ1v) is 18.3. The highest BCUT2D eigenvalue weighted by Gasteiger charge is 2.12. The molecule has 0 bridgehead atoms. The summed E-state index contributed by atoms with van der Waals surface area (Å²) in [6, 6.07) is 24.7. The van der Waals surface area contributed by atoms with Crippen molar-refractivity contribution in [1.29, 1.82) is 0 Å². The third-order valence-electron chi connectivity index (χ3n) is 9.54. The number of benzene rings is 4. The minimum Gasteiger partial charge on any atom is -0.497 e. The summed E-state index contributed by atoms with van der Waals surface area (Å²) >= 11 is 6.28. The summed E-state index contributed by atoms with van der Waals surface area (Å²) in [5.41, 5.74) is 7.40. The highest BCUT2D eigenvalue weighted by atomic mass is 35.5. The normalized spacial score (nSPS) is 11.5. The van der Waals surface area contributed by atoms with Crippen LogP contribution in [-0.2, 0) is 0 Å². The highest BCUT2D eigenvalue weighted by molar-refractivity contribution is 6.31. The van der Waals surface area contributed by atoms with Gasteiger partial charge in [0.25, 0.3) is 0 Å². The van der Waals surface area contributed by atoms with Gasteiger partial charge in [0.1, 0.15) is 11.5 Å². The fourth-order valence-electron chi connectivity index (χ4n) is 6.83. The number of anilines is 2. The Morgan fingerprint density at radius 2 is 0.939 bits per heavy atom. The quantitative estimate of drug-likeness (QED) is 0.0697. The number of unbranched alkanes of at least 4 members (excludes halogenated alkanes) is 10. The molecule has 2 N–H and O–H groups in total. The van der Waals surface area contributed by atoms with Gasteiger partial charge in [-0.2, -0.15) is 0 Å². The molecule has 0 spiro atoms. The maximum Gasteiger partial charge on any atom is 0.119 e. The van der Waals surface area contributed by atoms with Crippen LogP contribution in [0.15, 0.2) is 72.8 Å².